The van der Waals surface area contributed by atoms with Crippen molar-refractivity contribution in [1.29, 1.82) is 0 Å². The van der Waals surface area contributed by atoms with Crippen molar-refractivity contribution in [2.45, 2.75) is 39.5 Å². The molecule has 23 heavy (non-hydrogen) atoms. The standard InChI is InChI=1S/C19H22BrNO2/c1-13(2)23-12-15-8-10-16(11-9-15)19(22)21-14(3)17-6-4-5-7-18(17)20/h4-11,13-14H,12H2,1-3H3,(H,21,22)/t14-/m0/s1. The van der Waals surface area contributed by atoms with Gasteiger partial charge in [-0.15, -0.1) is 0 Å². The Kier molecular flexibility index (Phi) is 6.37. The summed E-state index contributed by atoms with van der Waals surface area (Å²) in [5.41, 5.74) is 2.77. The highest BCUT2D eigenvalue weighted by atomic mass is 79.9. The molecule has 0 aliphatic heterocycles. The SMILES string of the molecule is CC(C)OCc1ccc(C(=O)N[C@@H](C)c2ccccc2Br)cc1. The Morgan fingerprint density at radius 2 is 1.74 bits per heavy atom. The number of ether oxygens (including phenoxy) is 1. The molecule has 0 spiro atoms. The third kappa shape index (κ3) is 5.19. The fourth-order valence-corrected chi connectivity index (χ4v) is 2.83. The summed E-state index contributed by atoms with van der Waals surface area (Å²) in [6, 6.07) is 15.4. The van der Waals surface area contributed by atoms with Crippen LogP contribution in [0.15, 0.2) is 53.0 Å². The predicted molar refractivity (Wildman–Crippen MR) is 96.4 cm³/mol. The Morgan fingerprint density at radius 1 is 1.09 bits per heavy atom. The molecule has 0 aromatic heterocycles. The van der Waals surface area contributed by atoms with Crippen molar-refractivity contribution in [3.63, 3.8) is 0 Å². The lowest BCUT2D eigenvalue weighted by Gasteiger charge is -2.16. The lowest BCUT2D eigenvalue weighted by Crippen LogP contribution is -2.26. The number of carbonyl (C=O) groups is 1. The van der Waals surface area contributed by atoms with Crippen molar-refractivity contribution in [2.24, 2.45) is 0 Å². The van der Waals surface area contributed by atoms with E-state index in [2.05, 4.69) is 21.2 Å². The first-order valence-corrected chi connectivity index (χ1v) is 8.52. The van der Waals surface area contributed by atoms with E-state index in [0.29, 0.717) is 12.2 Å². The molecular weight excluding hydrogens is 354 g/mol. The molecule has 0 bridgehead atoms. The van der Waals surface area contributed by atoms with Gasteiger partial charge in [0.15, 0.2) is 0 Å². The fraction of sp³-hybridized carbons (Fsp3) is 0.316. The van der Waals surface area contributed by atoms with Gasteiger partial charge in [0.2, 0.25) is 0 Å². The van der Waals surface area contributed by atoms with Crippen molar-refractivity contribution in [1.82, 2.24) is 5.32 Å². The summed E-state index contributed by atoms with van der Waals surface area (Å²) in [4.78, 5) is 12.4. The van der Waals surface area contributed by atoms with Crippen LogP contribution in [0.2, 0.25) is 0 Å². The van der Waals surface area contributed by atoms with Crippen LogP contribution in [0.1, 0.15) is 48.3 Å². The molecule has 1 atom stereocenters. The van der Waals surface area contributed by atoms with Gasteiger partial charge in [-0.2, -0.15) is 0 Å². The minimum atomic E-state index is -0.0791. The van der Waals surface area contributed by atoms with E-state index in [1.165, 1.54) is 0 Å². The third-order valence-corrected chi connectivity index (χ3v) is 4.24. The highest BCUT2D eigenvalue weighted by Crippen LogP contribution is 2.23. The maximum atomic E-state index is 12.4. The molecule has 4 heteroatoms. The Labute approximate surface area is 146 Å². The maximum Gasteiger partial charge on any atom is 0.251 e. The van der Waals surface area contributed by atoms with Crippen molar-refractivity contribution in [3.8, 4) is 0 Å². The normalized spacial score (nSPS) is 12.2. The largest absolute Gasteiger partial charge is 0.374 e. The smallest absolute Gasteiger partial charge is 0.251 e. The van der Waals surface area contributed by atoms with Crippen molar-refractivity contribution < 1.29 is 9.53 Å². The van der Waals surface area contributed by atoms with E-state index in [4.69, 9.17) is 4.74 Å². The van der Waals surface area contributed by atoms with Gasteiger partial charge in [0.1, 0.15) is 0 Å². The van der Waals surface area contributed by atoms with Gasteiger partial charge in [0.25, 0.3) is 5.91 Å². The second-order valence-corrected chi connectivity index (χ2v) is 6.63. The average molecular weight is 376 g/mol. The van der Waals surface area contributed by atoms with Gasteiger partial charge in [-0.05, 0) is 50.1 Å². The molecule has 2 aromatic rings. The lowest BCUT2D eigenvalue weighted by atomic mass is 10.1. The van der Waals surface area contributed by atoms with Gasteiger partial charge >= 0.3 is 0 Å². The summed E-state index contributed by atoms with van der Waals surface area (Å²) in [7, 11) is 0. The summed E-state index contributed by atoms with van der Waals surface area (Å²) < 4.78 is 6.55. The average Bonchev–Trinajstić information content (AvgIpc) is 2.53. The van der Waals surface area contributed by atoms with Crippen LogP contribution in [0, 0.1) is 0 Å². The quantitative estimate of drug-likeness (QED) is 0.782. The molecule has 0 saturated carbocycles. The first-order valence-electron chi connectivity index (χ1n) is 7.73. The second kappa shape index (κ2) is 8.27. The molecule has 3 nitrogen and oxygen atoms in total. The Hall–Kier alpha value is -1.65. The highest BCUT2D eigenvalue weighted by molar-refractivity contribution is 9.10. The highest BCUT2D eigenvalue weighted by Gasteiger charge is 2.13. The van der Waals surface area contributed by atoms with E-state index in [-0.39, 0.29) is 18.1 Å². The number of amides is 1. The van der Waals surface area contributed by atoms with Crippen LogP contribution < -0.4 is 5.32 Å². The molecule has 1 amide bonds. The number of benzene rings is 2. The van der Waals surface area contributed by atoms with Crippen LogP contribution in [0.4, 0.5) is 0 Å². The van der Waals surface area contributed by atoms with Gasteiger partial charge in [-0.3, -0.25) is 4.79 Å². The summed E-state index contributed by atoms with van der Waals surface area (Å²) in [5.74, 6) is -0.0791. The first kappa shape index (κ1) is 17.7. The number of hydrogen-bond donors (Lipinski definition) is 1. The van der Waals surface area contributed by atoms with E-state index in [1.807, 2.05) is 69.3 Å². The molecule has 2 aromatic carbocycles. The van der Waals surface area contributed by atoms with Crippen molar-refractivity contribution >= 4 is 21.8 Å². The number of halogens is 1. The summed E-state index contributed by atoms with van der Waals surface area (Å²) in [6.07, 6.45) is 0.197. The zero-order chi connectivity index (χ0) is 16.8. The van der Waals surface area contributed by atoms with Gasteiger partial charge in [0.05, 0.1) is 18.8 Å². The molecule has 0 heterocycles. The first-order chi connectivity index (χ1) is 11.0. The fourth-order valence-electron chi connectivity index (χ4n) is 2.20. The van der Waals surface area contributed by atoms with Crippen LogP contribution >= 0.6 is 15.9 Å². The number of carbonyl (C=O) groups excluding carboxylic acids is 1. The summed E-state index contributed by atoms with van der Waals surface area (Å²) in [6.45, 7) is 6.55. The topological polar surface area (TPSA) is 38.3 Å². The van der Waals surface area contributed by atoms with Crippen LogP contribution in [-0.2, 0) is 11.3 Å². The zero-order valence-electron chi connectivity index (χ0n) is 13.7. The molecule has 0 unspecified atom stereocenters. The minimum absolute atomic E-state index is 0.0676. The van der Waals surface area contributed by atoms with Crippen LogP contribution in [0.3, 0.4) is 0 Å². The molecule has 0 radical (unpaired) electrons. The second-order valence-electron chi connectivity index (χ2n) is 5.77. The Balaban J connectivity index is 1.99. The number of nitrogens with one attached hydrogen (secondary N) is 1. The van der Waals surface area contributed by atoms with Crippen molar-refractivity contribution in [3.05, 3.63) is 69.7 Å². The molecule has 0 fully saturated rings. The molecule has 2 rings (SSSR count). The van der Waals surface area contributed by atoms with E-state index in [9.17, 15) is 4.79 Å². The lowest BCUT2D eigenvalue weighted by molar-refractivity contribution is 0.0656. The van der Waals surface area contributed by atoms with Crippen LogP contribution in [0.5, 0.6) is 0 Å². The van der Waals surface area contributed by atoms with Gasteiger partial charge in [-0.25, -0.2) is 0 Å². The van der Waals surface area contributed by atoms with Gasteiger partial charge < -0.3 is 10.1 Å². The minimum Gasteiger partial charge on any atom is -0.374 e. The van der Waals surface area contributed by atoms with E-state index < -0.39 is 0 Å². The molecule has 0 aliphatic carbocycles. The zero-order valence-corrected chi connectivity index (χ0v) is 15.3. The predicted octanol–water partition coefficient (Wildman–Crippen LogP) is 4.87. The molecule has 1 N–H and O–H groups in total. The van der Waals surface area contributed by atoms with E-state index in [0.717, 1.165) is 15.6 Å². The molecular formula is C19H22BrNO2. The van der Waals surface area contributed by atoms with Crippen molar-refractivity contribution in [2.75, 3.05) is 0 Å². The van der Waals surface area contributed by atoms with Crippen LogP contribution in [-0.4, -0.2) is 12.0 Å². The maximum absolute atomic E-state index is 12.4. The summed E-state index contributed by atoms with van der Waals surface area (Å²) in [5, 5.41) is 3.02. The third-order valence-electron chi connectivity index (χ3n) is 3.52. The summed E-state index contributed by atoms with van der Waals surface area (Å²) >= 11 is 3.52. The Bertz CT molecular complexity index is 653. The molecule has 0 saturated heterocycles. The molecule has 0 aliphatic rings. The Morgan fingerprint density at radius 3 is 2.35 bits per heavy atom. The molecule has 122 valence electrons. The van der Waals surface area contributed by atoms with E-state index in [1.54, 1.807) is 0 Å². The van der Waals surface area contributed by atoms with Gasteiger partial charge in [-0.1, -0.05) is 46.3 Å². The number of hydrogen-bond acceptors (Lipinski definition) is 2. The number of rotatable bonds is 6. The monoisotopic (exact) mass is 375 g/mol. The van der Waals surface area contributed by atoms with Crippen LogP contribution in [0.25, 0.3) is 0 Å². The van der Waals surface area contributed by atoms with Gasteiger partial charge in [0, 0.05) is 10.0 Å². The van der Waals surface area contributed by atoms with E-state index >= 15 is 0 Å².